The zero-order valence-electron chi connectivity index (χ0n) is 24.3. The SMILES string of the molecule is COc1ccc(CC2c3cc(OCc4cccnc4)c(OC)cc3CCN2CC(=O)NCc2ccccc2)cc1OC. The van der Waals surface area contributed by atoms with Crippen molar-refractivity contribution in [1.29, 1.82) is 0 Å². The van der Waals surface area contributed by atoms with Gasteiger partial charge in [0.05, 0.1) is 27.9 Å². The highest BCUT2D eigenvalue weighted by atomic mass is 16.5. The average Bonchev–Trinajstić information content (AvgIpc) is 3.04. The third-order valence-corrected chi connectivity index (χ3v) is 7.57. The van der Waals surface area contributed by atoms with Crippen molar-refractivity contribution in [2.24, 2.45) is 0 Å². The van der Waals surface area contributed by atoms with Crippen molar-refractivity contribution < 1.29 is 23.7 Å². The van der Waals surface area contributed by atoms with Crippen LogP contribution in [0.1, 0.15) is 33.9 Å². The second-order valence-electron chi connectivity index (χ2n) is 10.2. The van der Waals surface area contributed by atoms with Gasteiger partial charge in [0.2, 0.25) is 5.91 Å². The number of carbonyl (C=O) groups excluding carboxylic acids is 1. The van der Waals surface area contributed by atoms with Crippen molar-refractivity contribution in [3.8, 4) is 23.0 Å². The molecule has 2 heterocycles. The Kier molecular flexibility index (Phi) is 9.56. The van der Waals surface area contributed by atoms with Gasteiger partial charge in [-0.3, -0.25) is 14.7 Å². The maximum absolute atomic E-state index is 13.2. The van der Waals surface area contributed by atoms with E-state index in [1.165, 1.54) is 5.56 Å². The van der Waals surface area contributed by atoms with Crippen molar-refractivity contribution in [2.75, 3.05) is 34.4 Å². The first-order chi connectivity index (χ1) is 20.6. The molecule has 4 aromatic rings. The van der Waals surface area contributed by atoms with Gasteiger partial charge in [0.15, 0.2) is 23.0 Å². The fraction of sp³-hybridized carbons (Fsp3) is 0.294. The van der Waals surface area contributed by atoms with Crippen molar-refractivity contribution in [3.63, 3.8) is 0 Å². The minimum Gasteiger partial charge on any atom is -0.493 e. The van der Waals surface area contributed by atoms with Crippen molar-refractivity contribution >= 4 is 5.91 Å². The standard InChI is InChI=1S/C34H37N3O5/c1-39-30-12-11-25(17-31(30)40-2)16-29-28-19-33(42-23-26-10-7-14-35-20-26)32(41-3)18-27(28)13-15-37(29)22-34(38)36-21-24-8-5-4-6-9-24/h4-12,14,17-20,29H,13,15-16,21-23H2,1-3H3,(H,36,38). The number of benzene rings is 3. The maximum atomic E-state index is 13.2. The molecule has 218 valence electrons. The molecule has 0 aliphatic carbocycles. The zero-order chi connectivity index (χ0) is 29.3. The van der Waals surface area contributed by atoms with Crippen LogP contribution < -0.4 is 24.3 Å². The van der Waals surface area contributed by atoms with Gasteiger partial charge >= 0.3 is 0 Å². The van der Waals surface area contributed by atoms with Crippen LogP contribution in [-0.4, -0.2) is 50.2 Å². The quantitative estimate of drug-likeness (QED) is 0.254. The largest absolute Gasteiger partial charge is 0.493 e. The molecular weight excluding hydrogens is 530 g/mol. The van der Waals surface area contributed by atoms with Crippen LogP contribution in [0.2, 0.25) is 0 Å². The molecule has 1 aliphatic rings. The van der Waals surface area contributed by atoms with E-state index in [4.69, 9.17) is 18.9 Å². The van der Waals surface area contributed by atoms with E-state index in [0.29, 0.717) is 42.6 Å². The number of methoxy groups -OCH3 is 3. The molecule has 3 aromatic carbocycles. The summed E-state index contributed by atoms with van der Waals surface area (Å²) in [6.45, 7) is 1.88. The van der Waals surface area contributed by atoms with Crippen LogP contribution in [0.4, 0.5) is 0 Å². The van der Waals surface area contributed by atoms with E-state index >= 15 is 0 Å². The number of carbonyl (C=O) groups is 1. The Hall–Kier alpha value is -4.56. The van der Waals surface area contributed by atoms with Gasteiger partial charge in [-0.05, 0) is 65.4 Å². The summed E-state index contributed by atoms with van der Waals surface area (Å²) in [5, 5.41) is 3.09. The minimum atomic E-state index is -0.0685. The van der Waals surface area contributed by atoms with Gasteiger partial charge in [-0.15, -0.1) is 0 Å². The van der Waals surface area contributed by atoms with Crippen molar-refractivity contribution in [3.05, 3.63) is 113 Å². The fourth-order valence-electron chi connectivity index (χ4n) is 5.37. The van der Waals surface area contributed by atoms with E-state index in [1.807, 2.05) is 60.7 Å². The zero-order valence-corrected chi connectivity index (χ0v) is 24.3. The Bertz CT molecular complexity index is 1480. The molecule has 0 saturated heterocycles. The molecule has 1 atom stereocenters. The second kappa shape index (κ2) is 13.9. The van der Waals surface area contributed by atoms with Crippen LogP contribution in [0.5, 0.6) is 23.0 Å². The van der Waals surface area contributed by atoms with E-state index in [1.54, 1.807) is 33.7 Å². The summed E-state index contributed by atoms with van der Waals surface area (Å²) in [5.74, 6) is 2.69. The average molecular weight is 568 g/mol. The lowest BCUT2D eigenvalue weighted by Gasteiger charge is -2.37. The third-order valence-electron chi connectivity index (χ3n) is 7.57. The Balaban J connectivity index is 1.43. The lowest BCUT2D eigenvalue weighted by atomic mass is 9.88. The van der Waals surface area contributed by atoms with Crippen LogP contribution in [0.3, 0.4) is 0 Å². The second-order valence-corrected chi connectivity index (χ2v) is 10.2. The molecule has 1 aliphatic heterocycles. The van der Waals surface area contributed by atoms with E-state index in [0.717, 1.165) is 35.2 Å². The number of pyridine rings is 1. The molecule has 0 bridgehead atoms. The van der Waals surface area contributed by atoms with Crippen molar-refractivity contribution in [1.82, 2.24) is 15.2 Å². The predicted molar refractivity (Wildman–Crippen MR) is 161 cm³/mol. The van der Waals surface area contributed by atoms with E-state index < -0.39 is 0 Å². The Morgan fingerprint density at radius 1 is 0.857 bits per heavy atom. The molecule has 1 aromatic heterocycles. The number of nitrogens with one attached hydrogen (secondary N) is 1. The molecule has 1 N–H and O–H groups in total. The number of hydrogen-bond acceptors (Lipinski definition) is 7. The molecule has 0 fully saturated rings. The van der Waals surface area contributed by atoms with E-state index in [-0.39, 0.29) is 18.5 Å². The topological polar surface area (TPSA) is 82.2 Å². The van der Waals surface area contributed by atoms with Gasteiger partial charge in [0.25, 0.3) is 0 Å². The summed E-state index contributed by atoms with van der Waals surface area (Å²) in [4.78, 5) is 19.6. The lowest BCUT2D eigenvalue weighted by molar-refractivity contribution is -0.123. The predicted octanol–water partition coefficient (Wildman–Crippen LogP) is 5.14. The third kappa shape index (κ3) is 7.01. The highest BCUT2D eigenvalue weighted by Gasteiger charge is 2.31. The van der Waals surface area contributed by atoms with Gasteiger partial charge in [-0.1, -0.05) is 42.5 Å². The molecule has 0 radical (unpaired) electrons. The highest BCUT2D eigenvalue weighted by Crippen LogP contribution is 2.40. The Labute approximate surface area is 247 Å². The summed E-state index contributed by atoms with van der Waals surface area (Å²) in [6.07, 6.45) is 5.00. The van der Waals surface area contributed by atoms with E-state index in [9.17, 15) is 4.79 Å². The Morgan fingerprint density at radius 3 is 2.36 bits per heavy atom. The monoisotopic (exact) mass is 567 g/mol. The summed E-state index contributed by atoms with van der Waals surface area (Å²) in [5.41, 5.74) is 5.42. The summed E-state index contributed by atoms with van der Waals surface area (Å²) >= 11 is 0. The number of rotatable bonds is 12. The molecule has 1 amide bonds. The van der Waals surface area contributed by atoms with E-state index in [2.05, 4.69) is 27.3 Å². The van der Waals surface area contributed by atoms with Crippen LogP contribution in [0.15, 0.2) is 85.2 Å². The van der Waals surface area contributed by atoms with Gasteiger partial charge < -0.3 is 24.3 Å². The number of hydrogen-bond donors (Lipinski definition) is 1. The molecule has 42 heavy (non-hydrogen) atoms. The van der Waals surface area contributed by atoms with Crippen LogP contribution in [-0.2, 0) is 30.8 Å². The van der Waals surface area contributed by atoms with Gasteiger partial charge in [-0.25, -0.2) is 0 Å². The van der Waals surface area contributed by atoms with Crippen molar-refractivity contribution in [2.45, 2.75) is 32.0 Å². The number of nitrogens with zero attached hydrogens (tertiary/aromatic N) is 2. The van der Waals surface area contributed by atoms with Crippen LogP contribution in [0, 0.1) is 0 Å². The number of fused-ring (bicyclic) bond motifs is 1. The normalized spacial score (nSPS) is 14.5. The summed E-state index contributed by atoms with van der Waals surface area (Å²) in [6, 6.07) is 23.9. The van der Waals surface area contributed by atoms with Gasteiger partial charge in [0, 0.05) is 37.1 Å². The summed E-state index contributed by atoms with van der Waals surface area (Å²) < 4.78 is 23.0. The molecular formula is C34H37N3O5. The molecule has 1 unspecified atom stereocenters. The number of aromatic nitrogens is 1. The summed E-state index contributed by atoms with van der Waals surface area (Å²) in [7, 11) is 4.93. The fourth-order valence-corrected chi connectivity index (χ4v) is 5.37. The molecule has 8 nitrogen and oxygen atoms in total. The number of ether oxygens (including phenoxy) is 4. The Morgan fingerprint density at radius 2 is 1.62 bits per heavy atom. The smallest absolute Gasteiger partial charge is 0.234 e. The first kappa shape index (κ1) is 29.0. The van der Waals surface area contributed by atoms with Crippen LogP contribution in [0.25, 0.3) is 0 Å². The molecule has 8 heteroatoms. The first-order valence-corrected chi connectivity index (χ1v) is 14.1. The maximum Gasteiger partial charge on any atom is 0.234 e. The minimum absolute atomic E-state index is 0.0128. The lowest BCUT2D eigenvalue weighted by Crippen LogP contribution is -2.43. The molecule has 5 rings (SSSR count). The number of amides is 1. The van der Waals surface area contributed by atoms with Gasteiger partial charge in [-0.2, -0.15) is 0 Å². The first-order valence-electron chi connectivity index (χ1n) is 14.1. The highest BCUT2D eigenvalue weighted by molar-refractivity contribution is 5.78. The molecule has 0 saturated carbocycles. The van der Waals surface area contributed by atoms with Gasteiger partial charge in [0.1, 0.15) is 6.61 Å². The van der Waals surface area contributed by atoms with Crippen LogP contribution >= 0.6 is 0 Å². The molecule has 0 spiro atoms.